The predicted molar refractivity (Wildman–Crippen MR) is 28.1 cm³/mol. The second kappa shape index (κ2) is 1.99. The van der Waals surface area contributed by atoms with Gasteiger partial charge >= 0.3 is 0 Å². The van der Waals surface area contributed by atoms with Gasteiger partial charge in [0.05, 0.1) is 0 Å². The maximum atomic E-state index is 6.71. The molecule has 1 fully saturated rings. The fraction of sp³-hybridized carbons (Fsp3) is 0.667. The van der Waals surface area contributed by atoms with Crippen molar-refractivity contribution in [1.29, 1.82) is 0 Å². The fourth-order valence-corrected chi connectivity index (χ4v) is 0.778. The van der Waals surface area contributed by atoms with Gasteiger partial charge in [-0.05, 0) is 19.4 Å². The highest BCUT2D eigenvalue weighted by Crippen LogP contribution is 2.03. The van der Waals surface area contributed by atoms with Crippen LogP contribution in [-0.2, 0) is 0 Å². The second-order valence-electron chi connectivity index (χ2n) is 1.83. The normalized spacial score (nSPS) is 29.9. The van der Waals surface area contributed by atoms with Crippen molar-refractivity contribution in [2.45, 2.75) is 6.42 Å². The Kier molecular flexibility index (Phi) is 1.33. The third-order valence-electron chi connectivity index (χ3n) is 1.26. The minimum atomic E-state index is 0.403. The average molecular weight is 94.1 g/mol. The van der Waals surface area contributed by atoms with Crippen LogP contribution in [0.5, 0.6) is 0 Å². The summed E-state index contributed by atoms with van der Waals surface area (Å²) in [6.07, 6.45) is 7.81. The van der Waals surface area contributed by atoms with E-state index in [9.17, 15) is 0 Å². The summed E-state index contributed by atoms with van der Waals surface area (Å²) in [5, 5.41) is 3.14. The number of hydrogen-bond acceptors (Lipinski definition) is 1. The zero-order valence-electron chi connectivity index (χ0n) is 4.20. The maximum absolute atomic E-state index is 6.71. The standard InChI is InChI=1S/C6H8N/c1-2-6-3-4-7-5-6/h6-7H,3-5H2. The highest BCUT2D eigenvalue weighted by molar-refractivity contribution is 4.92. The van der Waals surface area contributed by atoms with Crippen molar-refractivity contribution < 1.29 is 0 Å². The lowest BCUT2D eigenvalue weighted by Gasteiger charge is -1.90. The zero-order valence-corrected chi connectivity index (χ0v) is 4.20. The van der Waals surface area contributed by atoms with Crippen LogP contribution in [0, 0.1) is 18.3 Å². The van der Waals surface area contributed by atoms with Crippen LogP contribution in [0.4, 0.5) is 0 Å². The Morgan fingerprint density at radius 2 is 2.57 bits per heavy atom. The highest BCUT2D eigenvalue weighted by atomic mass is 14.9. The van der Waals surface area contributed by atoms with E-state index in [2.05, 4.69) is 11.2 Å². The molecule has 0 aromatic carbocycles. The van der Waals surface area contributed by atoms with Gasteiger partial charge in [0.25, 0.3) is 0 Å². The zero-order chi connectivity index (χ0) is 5.11. The Hall–Kier alpha value is -0.480. The monoisotopic (exact) mass is 94.1 g/mol. The first-order valence-electron chi connectivity index (χ1n) is 2.56. The summed E-state index contributed by atoms with van der Waals surface area (Å²) in [6.45, 7) is 2.03. The van der Waals surface area contributed by atoms with Crippen molar-refractivity contribution in [2.75, 3.05) is 13.1 Å². The third kappa shape index (κ3) is 0.942. The van der Waals surface area contributed by atoms with Crippen LogP contribution in [0.25, 0.3) is 0 Å². The van der Waals surface area contributed by atoms with Crippen LogP contribution in [0.3, 0.4) is 0 Å². The minimum Gasteiger partial charge on any atom is -0.315 e. The summed E-state index contributed by atoms with van der Waals surface area (Å²) in [7, 11) is 0. The molecule has 0 aliphatic carbocycles. The molecular formula is C6H8N. The van der Waals surface area contributed by atoms with Crippen LogP contribution in [0.15, 0.2) is 0 Å². The molecule has 1 nitrogen and oxygen atoms in total. The van der Waals surface area contributed by atoms with E-state index >= 15 is 0 Å². The van der Waals surface area contributed by atoms with Crippen molar-refractivity contribution in [1.82, 2.24) is 5.32 Å². The van der Waals surface area contributed by atoms with Crippen molar-refractivity contribution in [3.05, 3.63) is 6.42 Å². The van der Waals surface area contributed by atoms with E-state index in [1.807, 2.05) is 0 Å². The molecule has 1 aliphatic heterocycles. The molecule has 1 N–H and O–H groups in total. The number of nitrogens with one attached hydrogen (secondary N) is 1. The molecule has 0 aromatic rings. The smallest absolute Gasteiger partial charge is 0.0349 e. The molecule has 0 bridgehead atoms. The molecule has 1 unspecified atom stereocenters. The van der Waals surface area contributed by atoms with Crippen LogP contribution >= 0.6 is 0 Å². The van der Waals surface area contributed by atoms with Crippen LogP contribution in [0.2, 0.25) is 0 Å². The summed E-state index contributed by atoms with van der Waals surface area (Å²) in [4.78, 5) is 0. The van der Waals surface area contributed by atoms with E-state index in [-0.39, 0.29) is 0 Å². The Morgan fingerprint density at radius 3 is 2.86 bits per heavy atom. The van der Waals surface area contributed by atoms with Gasteiger partial charge in [0, 0.05) is 12.5 Å². The summed E-state index contributed by atoms with van der Waals surface area (Å²) in [5.41, 5.74) is 0. The van der Waals surface area contributed by atoms with E-state index in [0.29, 0.717) is 5.92 Å². The Morgan fingerprint density at radius 1 is 1.71 bits per heavy atom. The van der Waals surface area contributed by atoms with Gasteiger partial charge in [0.15, 0.2) is 0 Å². The van der Waals surface area contributed by atoms with Gasteiger partial charge in [-0.3, -0.25) is 0 Å². The van der Waals surface area contributed by atoms with E-state index in [1.54, 1.807) is 0 Å². The molecule has 1 radical (unpaired) electrons. The molecule has 1 heterocycles. The first-order valence-corrected chi connectivity index (χ1v) is 2.56. The van der Waals surface area contributed by atoms with Gasteiger partial charge in [-0.15, -0.1) is 0 Å². The van der Waals surface area contributed by atoms with Gasteiger partial charge in [0.2, 0.25) is 0 Å². The molecule has 7 heavy (non-hydrogen) atoms. The lowest BCUT2D eigenvalue weighted by atomic mass is 10.1. The third-order valence-corrected chi connectivity index (χ3v) is 1.26. The number of hydrogen-bond donors (Lipinski definition) is 1. The molecule has 1 aliphatic rings. The van der Waals surface area contributed by atoms with Crippen molar-refractivity contribution in [3.63, 3.8) is 0 Å². The van der Waals surface area contributed by atoms with Crippen LogP contribution < -0.4 is 5.32 Å². The predicted octanol–water partition coefficient (Wildman–Crippen LogP) is 0.186. The topological polar surface area (TPSA) is 12.0 Å². The molecule has 1 heteroatoms. The molecule has 1 rings (SSSR count). The van der Waals surface area contributed by atoms with Gasteiger partial charge < -0.3 is 5.32 Å². The molecule has 1 saturated heterocycles. The Labute approximate surface area is 44.1 Å². The fourth-order valence-electron chi connectivity index (χ4n) is 0.778. The SMILES string of the molecule is [C]#CC1CCNC1. The van der Waals surface area contributed by atoms with Crippen molar-refractivity contribution in [2.24, 2.45) is 5.92 Å². The first-order chi connectivity index (χ1) is 3.43. The van der Waals surface area contributed by atoms with Gasteiger partial charge in [-0.2, -0.15) is 0 Å². The Balaban J connectivity index is 2.31. The molecule has 0 amide bonds. The molecule has 1 atom stereocenters. The maximum Gasteiger partial charge on any atom is 0.0349 e. The van der Waals surface area contributed by atoms with Crippen LogP contribution in [0.1, 0.15) is 6.42 Å². The molecule has 0 aromatic heterocycles. The van der Waals surface area contributed by atoms with Crippen molar-refractivity contribution in [3.8, 4) is 5.92 Å². The summed E-state index contributed by atoms with van der Waals surface area (Å²) in [5.74, 6) is 2.85. The largest absolute Gasteiger partial charge is 0.315 e. The quantitative estimate of drug-likeness (QED) is 0.422. The first kappa shape index (κ1) is 4.67. The molecule has 0 saturated carbocycles. The molecule has 37 valence electrons. The summed E-state index contributed by atoms with van der Waals surface area (Å²) in [6, 6.07) is 0. The number of rotatable bonds is 0. The minimum absolute atomic E-state index is 0.403. The van der Waals surface area contributed by atoms with E-state index in [0.717, 1.165) is 19.5 Å². The lowest BCUT2D eigenvalue weighted by molar-refractivity contribution is 0.754. The average Bonchev–Trinajstić information content (AvgIpc) is 2.14. The van der Waals surface area contributed by atoms with Gasteiger partial charge in [-0.1, -0.05) is 5.92 Å². The van der Waals surface area contributed by atoms with E-state index < -0.39 is 0 Å². The van der Waals surface area contributed by atoms with E-state index in [4.69, 9.17) is 6.42 Å². The van der Waals surface area contributed by atoms with E-state index in [1.165, 1.54) is 0 Å². The molecular weight excluding hydrogens is 86.1 g/mol. The van der Waals surface area contributed by atoms with Gasteiger partial charge in [-0.25, -0.2) is 0 Å². The Bertz CT molecular complexity index is 84.8. The van der Waals surface area contributed by atoms with Crippen LogP contribution in [-0.4, -0.2) is 13.1 Å². The second-order valence-corrected chi connectivity index (χ2v) is 1.83. The summed E-state index contributed by atoms with van der Waals surface area (Å²) >= 11 is 0. The molecule has 0 spiro atoms. The van der Waals surface area contributed by atoms with Gasteiger partial charge in [0.1, 0.15) is 0 Å². The van der Waals surface area contributed by atoms with Crippen molar-refractivity contribution >= 4 is 0 Å². The summed E-state index contributed by atoms with van der Waals surface area (Å²) < 4.78 is 0. The lowest BCUT2D eigenvalue weighted by Crippen LogP contribution is -2.07. The highest BCUT2D eigenvalue weighted by Gasteiger charge is 2.09.